The number of likely N-dealkylation sites (tertiary alicyclic amines) is 1. The molecule has 1 heterocycles. The second-order valence-corrected chi connectivity index (χ2v) is 7.56. The van der Waals surface area contributed by atoms with Crippen LogP contribution in [-0.2, 0) is 4.74 Å². The van der Waals surface area contributed by atoms with E-state index >= 15 is 0 Å². The molecule has 3 unspecified atom stereocenters. The summed E-state index contributed by atoms with van der Waals surface area (Å²) in [6.45, 7) is 8.56. The van der Waals surface area contributed by atoms with Gasteiger partial charge in [0.15, 0.2) is 0 Å². The number of rotatable bonds is 6. The summed E-state index contributed by atoms with van der Waals surface area (Å²) in [5.41, 5.74) is -0.483. The first-order valence-electron chi connectivity index (χ1n) is 8.75. The van der Waals surface area contributed by atoms with Crippen LogP contribution in [0, 0.1) is 0 Å². The fourth-order valence-electron chi connectivity index (χ4n) is 2.88. The molecule has 3 N–H and O–H groups in total. The first-order valence-corrected chi connectivity index (χ1v) is 8.75. The van der Waals surface area contributed by atoms with Crippen molar-refractivity contribution in [1.29, 1.82) is 0 Å². The van der Waals surface area contributed by atoms with Gasteiger partial charge >= 0.3 is 6.09 Å². The van der Waals surface area contributed by atoms with E-state index in [1.165, 1.54) is 0 Å². The number of ether oxygens (including phenoxy) is 1. The molecule has 0 aromatic rings. The van der Waals surface area contributed by atoms with Crippen molar-refractivity contribution in [1.82, 2.24) is 10.2 Å². The number of carbonyl (C=O) groups is 1. The SMILES string of the molecule is CC(CC1CCCCCN1C(=O)OC(C)(C)C)NCC(O)CO. The van der Waals surface area contributed by atoms with Gasteiger partial charge in [-0.25, -0.2) is 4.79 Å². The third-order valence-electron chi connectivity index (χ3n) is 4.04. The summed E-state index contributed by atoms with van der Waals surface area (Å²) in [6, 6.07) is 0.311. The average molecular weight is 330 g/mol. The number of hydrogen-bond acceptors (Lipinski definition) is 5. The molecule has 0 aliphatic carbocycles. The summed E-state index contributed by atoms with van der Waals surface area (Å²) >= 11 is 0. The molecule has 0 aromatic carbocycles. The molecule has 1 rings (SSSR count). The summed E-state index contributed by atoms with van der Waals surface area (Å²) in [4.78, 5) is 14.4. The third kappa shape index (κ3) is 7.99. The molecule has 0 spiro atoms. The lowest BCUT2D eigenvalue weighted by Gasteiger charge is -2.34. The molecule has 136 valence electrons. The van der Waals surface area contributed by atoms with Gasteiger partial charge in [0.2, 0.25) is 0 Å². The maximum absolute atomic E-state index is 12.5. The Kier molecular flexibility index (Phi) is 8.29. The molecule has 1 aliphatic rings. The number of carbonyl (C=O) groups excluding carboxylic acids is 1. The maximum Gasteiger partial charge on any atom is 0.410 e. The Morgan fingerprint density at radius 2 is 2.04 bits per heavy atom. The Hall–Kier alpha value is -0.850. The topological polar surface area (TPSA) is 82.0 Å². The molecule has 3 atom stereocenters. The van der Waals surface area contributed by atoms with Crippen LogP contribution in [0.15, 0.2) is 0 Å². The first-order chi connectivity index (χ1) is 10.7. The van der Waals surface area contributed by atoms with Crippen LogP contribution < -0.4 is 5.32 Å². The van der Waals surface area contributed by atoms with Gasteiger partial charge in [-0.05, 0) is 47.0 Å². The van der Waals surface area contributed by atoms with Crippen LogP contribution in [-0.4, -0.2) is 64.7 Å². The van der Waals surface area contributed by atoms with E-state index in [1.54, 1.807) is 0 Å². The molecule has 1 amide bonds. The highest BCUT2D eigenvalue weighted by molar-refractivity contribution is 5.68. The number of aliphatic hydroxyl groups excluding tert-OH is 2. The molecular weight excluding hydrogens is 296 g/mol. The first kappa shape index (κ1) is 20.2. The molecule has 6 heteroatoms. The second kappa shape index (κ2) is 9.45. The molecule has 0 aromatic heterocycles. The highest BCUT2D eigenvalue weighted by atomic mass is 16.6. The van der Waals surface area contributed by atoms with E-state index in [0.29, 0.717) is 6.54 Å². The molecule has 1 saturated heterocycles. The molecule has 6 nitrogen and oxygen atoms in total. The van der Waals surface area contributed by atoms with E-state index in [9.17, 15) is 9.90 Å². The predicted octanol–water partition coefficient (Wildman–Crippen LogP) is 1.89. The van der Waals surface area contributed by atoms with Crippen molar-refractivity contribution in [3.8, 4) is 0 Å². The molecule has 0 radical (unpaired) electrons. The summed E-state index contributed by atoms with van der Waals surface area (Å²) in [6.07, 6.45) is 4.10. The van der Waals surface area contributed by atoms with Gasteiger partial charge in [-0.2, -0.15) is 0 Å². The second-order valence-electron chi connectivity index (χ2n) is 7.56. The van der Waals surface area contributed by atoms with E-state index in [0.717, 1.165) is 38.6 Å². The molecule has 0 saturated carbocycles. The minimum Gasteiger partial charge on any atom is -0.444 e. The summed E-state index contributed by atoms with van der Waals surface area (Å²) in [5.74, 6) is 0. The van der Waals surface area contributed by atoms with Gasteiger partial charge in [-0.1, -0.05) is 12.8 Å². The Morgan fingerprint density at radius 3 is 2.65 bits per heavy atom. The van der Waals surface area contributed by atoms with Crippen LogP contribution in [0.25, 0.3) is 0 Å². The maximum atomic E-state index is 12.5. The zero-order valence-corrected chi connectivity index (χ0v) is 15.0. The minimum absolute atomic E-state index is 0.154. The normalized spacial score (nSPS) is 22.3. The monoisotopic (exact) mass is 330 g/mol. The summed E-state index contributed by atoms with van der Waals surface area (Å²) < 4.78 is 5.55. The lowest BCUT2D eigenvalue weighted by atomic mass is 10.0. The number of nitrogens with one attached hydrogen (secondary N) is 1. The van der Waals surface area contributed by atoms with Crippen molar-refractivity contribution in [2.75, 3.05) is 19.7 Å². The largest absolute Gasteiger partial charge is 0.444 e. The van der Waals surface area contributed by atoms with Crippen LogP contribution in [0.2, 0.25) is 0 Å². The smallest absolute Gasteiger partial charge is 0.410 e. The number of nitrogens with zero attached hydrogens (tertiary/aromatic N) is 1. The zero-order valence-electron chi connectivity index (χ0n) is 15.0. The van der Waals surface area contributed by atoms with Crippen LogP contribution in [0.3, 0.4) is 0 Å². The number of amides is 1. The van der Waals surface area contributed by atoms with Crippen molar-refractivity contribution >= 4 is 6.09 Å². The highest BCUT2D eigenvalue weighted by Gasteiger charge is 2.30. The highest BCUT2D eigenvalue weighted by Crippen LogP contribution is 2.23. The van der Waals surface area contributed by atoms with Crippen molar-refractivity contribution in [3.05, 3.63) is 0 Å². The number of hydrogen-bond donors (Lipinski definition) is 3. The zero-order chi connectivity index (χ0) is 17.5. The predicted molar refractivity (Wildman–Crippen MR) is 90.4 cm³/mol. The lowest BCUT2D eigenvalue weighted by molar-refractivity contribution is 0.0148. The van der Waals surface area contributed by atoms with Crippen LogP contribution in [0.5, 0.6) is 0 Å². The van der Waals surface area contributed by atoms with Gasteiger partial charge in [0.1, 0.15) is 5.60 Å². The molecule has 0 bridgehead atoms. The molecule has 1 aliphatic heterocycles. The van der Waals surface area contributed by atoms with Gasteiger partial charge < -0.3 is 25.2 Å². The van der Waals surface area contributed by atoms with Gasteiger partial charge in [0.05, 0.1) is 12.7 Å². The van der Waals surface area contributed by atoms with Crippen molar-refractivity contribution in [3.63, 3.8) is 0 Å². The van der Waals surface area contributed by atoms with Crippen LogP contribution >= 0.6 is 0 Å². The summed E-state index contributed by atoms with van der Waals surface area (Å²) in [5, 5.41) is 21.5. The van der Waals surface area contributed by atoms with Crippen LogP contribution in [0.4, 0.5) is 4.79 Å². The van der Waals surface area contributed by atoms with Gasteiger partial charge in [-0.15, -0.1) is 0 Å². The molecular formula is C17H34N2O4. The van der Waals surface area contributed by atoms with Crippen molar-refractivity contribution in [2.45, 2.75) is 83.6 Å². The fourth-order valence-corrected chi connectivity index (χ4v) is 2.88. The van der Waals surface area contributed by atoms with E-state index in [2.05, 4.69) is 5.32 Å². The van der Waals surface area contributed by atoms with E-state index in [1.807, 2.05) is 32.6 Å². The van der Waals surface area contributed by atoms with Crippen molar-refractivity contribution < 1.29 is 19.7 Å². The van der Waals surface area contributed by atoms with Crippen LogP contribution in [0.1, 0.15) is 59.8 Å². The minimum atomic E-state index is -0.742. The average Bonchev–Trinajstić information content (AvgIpc) is 2.68. The lowest BCUT2D eigenvalue weighted by Crippen LogP contribution is -2.46. The quantitative estimate of drug-likeness (QED) is 0.693. The Balaban J connectivity index is 2.61. The standard InChI is InChI=1S/C17H34N2O4/c1-13(18-11-15(21)12-20)10-14-8-6-5-7-9-19(14)16(22)23-17(2,3)4/h13-15,18,20-21H,5-12H2,1-4H3. The molecule has 23 heavy (non-hydrogen) atoms. The molecule has 1 fully saturated rings. The Labute approximate surface area is 140 Å². The van der Waals surface area contributed by atoms with Gasteiger partial charge in [0.25, 0.3) is 0 Å². The van der Waals surface area contributed by atoms with Gasteiger partial charge in [0, 0.05) is 25.2 Å². The van der Waals surface area contributed by atoms with E-state index in [4.69, 9.17) is 9.84 Å². The fraction of sp³-hybridized carbons (Fsp3) is 0.941. The van der Waals surface area contributed by atoms with E-state index < -0.39 is 11.7 Å². The summed E-state index contributed by atoms with van der Waals surface area (Å²) in [7, 11) is 0. The van der Waals surface area contributed by atoms with Crippen molar-refractivity contribution in [2.24, 2.45) is 0 Å². The third-order valence-corrected chi connectivity index (χ3v) is 4.04. The van der Waals surface area contributed by atoms with Gasteiger partial charge in [-0.3, -0.25) is 0 Å². The number of aliphatic hydroxyl groups is 2. The Morgan fingerprint density at radius 1 is 1.35 bits per heavy atom. The van der Waals surface area contributed by atoms with E-state index in [-0.39, 0.29) is 24.8 Å². The Bertz CT molecular complexity index is 357.